The van der Waals surface area contributed by atoms with Crippen molar-refractivity contribution in [2.45, 2.75) is 18.8 Å². The quantitative estimate of drug-likeness (QED) is 0.801. The zero-order valence-corrected chi connectivity index (χ0v) is 10.3. The lowest BCUT2D eigenvalue weighted by atomic mass is 10.2. The number of carboxylic acid groups (broad SMARTS) is 1. The molecule has 0 aromatic carbocycles. The van der Waals surface area contributed by atoms with E-state index in [1.54, 1.807) is 0 Å². The van der Waals surface area contributed by atoms with Gasteiger partial charge >= 0.3 is 12.1 Å². The zero-order valence-electron chi connectivity index (χ0n) is 9.51. The maximum Gasteiger partial charge on any atom is 0.413 e. The van der Waals surface area contributed by atoms with Crippen LogP contribution in [0, 0.1) is 0 Å². The van der Waals surface area contributed by atoms with Gasteiger partial charge in [0.25, 0.3) is 0 Å². The van der Waals surface area contributed by atoms with Gasteiger partial charge in [-0.3, -0.25) is 5.32 Å². The van der Waals surface area contributed by atoms with Gasteiger partial charge in [0.15, 0.2) is 5.13 Å². The van der Waals surface area contributed by atoms with Gasteiger partial charge in [-0.1, -0.05) is 24.0 Å². The Kier molecular flexibility index (Phi) is 3.61. The van der Waals surface area contributed by atoms with Crippen molar-refractivity contribution in [2.24, 2.45) is 0 Å². The number of nitrogens with one attached hydrogen (secondary N) is 1. The lowest BCUT2D eigenvalue weighted by Gasteiger charge is -2.00. The van der Waals surface area contributed by atoms with Crippen LogP contribution in [0.4, 0.5) is 9.93 Å². The van der Waals surface area contributed by atoms with E-state index in [0.717, 1.165) is 24.2 Å². The zero-order chi connectivity index (χ0) is 13.1. The van der Waals surface area contributed by atoms with Gasteiger partial charge in [0.1, 0.15) is 11.5 Å². The molecule has 1 fully saturated rings. The van der Waals surface area contributed by atoms with Crippen molar-refractivity contribution in [3.63, 3.8) is 0 Å². The van der Waals surface area contributed by atoms with E-state index in [-0.39, 0.29) is 22.5 Å². The van der Waals surface area contributed by atoms with Crippen LogP contribution >= 0.6 is 11.3 Å². The SMILES string of the molecule is C=CCOC(=O)Nc1nc(C2CC2)c(C(=O)O)s1. The minimum absolute atomic E-state index is 0.0957. The number of ether oxygens (including phenoxy) is 1. The van der Waals surface area contributed by atoms with Gasteiger partial charge in [-0.15, -0.1) is 0 Å². The molecular weight excluding hydrogens is 256 g/mol. The Hall–Kier alpha value is -1.89. The molecule has 1 aliphatic rings. The van der Waals surface area contributed by atoms with Crippen LogP contribution in [0.5, 0.6) is 0 Å². The Morgan fingerprint density at radius 1 is 1.61 bits per heavy atom. The van der Waals surface area contributed by atoms with Gasteiger partial charge in [-0.25, -0.2) is 14.6 Å². The second-order valence-corrected chi connectivity index (χ2v) is 4.82. The molecule has 18 heavy (non-hydrogen) atoms. The molecule has 2 rings (SSSR count). The highest BCUT2D eigenvalue weighted by Crippen LogP contribution is 2.43. The number of hydrogen-bond acceptors (Lipinski definition) is 5. The van der Waals surface area contributed by atoms with Gasteiger partial charge in [-0.2, -0.15) is 0 Å². The summed E-state index contributed by atoms with van der Waals surface area (Å²) in [4.78, 5) is 26.7. The molecular formula is C11H12N2O4S. The number of amides is 1. The van der Waals surface area contributed by atoms with Gasteiger partial charge in [0, 0.05) is 5.92 Å². The van der Waals surface area contributed by atoms with E-state index >= 15 is 0 Å². The molecule has 1 saturated carbocycles. The second kappa shape index (κ2) is 5.18. The molecule has 1 heterocycles. The Morgan fingerprint density at radius 3 is 2.89 bits per heavy atom. The number of anilines is 1. The lowest BCUT2D eigenvalue weighted by Crippen LogP contribution is -2.13. The molecule has 1 aliphatic carbocycles. The first-order valence-corrected chi connectivity index (χ1v) is 6.22. The van der Waals surface area contributed by atoms with Gasteiger partial charge in [-0.05, 0) is 12.8 Å². The van der Waals surface area contributed by atoms with E-state index in [9.17, 15) is 9.59 Å². The number of carboxylic acids is 1. The summed E-state index contributed by atoms with van der Waals surface area (Å²) in [5.41, 5.74) is 0.562. The topological polar surface area (TPSA) is 88.5 Å². The van der Waals surface area contributed by atoms with Crippen LogP contribution in [-0.2, 0) is 4.74 Å². The van der Waals surface area contributed by atoms with Crippen molar-refractivity contribution in [3.8, 4) is 0 Å². The van der Waals surface area contributed by atoms with Crippen LogP contribution in [0.25, 0.3) is 0 Å². The summed E-state index contributed by atoms with van der Waals surface area (Å²) in [6.45, 7) is 3.51. The van der Waals surface area contributed by atoms with E-state index in [4.69, 9.17) is 9.84 Å². The molecule has 0 bridgehead atoms. The number of carbonyl (C=O) groups is 2. The third kappa shape index (κ3) is 2.86. The molecule has 1 aromatic rings. The highest BCUT2D eigenvalue weighted by molar-refractivity contribution is 7.17. The third-order valence-corrected chi connectivity index (χ3v) is 3.33. The van der Waals surface area contributed by atoms with Crippen molar-refractivity contribution in [3.05, 3.63) is 23.2 Å². The van der Waals surface area contributed by atoms with Crippen LogP contribution in [-0.4, -0.2) is 28.8 Å². The largest absolute Gasteiger partial charge is 0.477 e. The predicted octanol–water partition coefficient (Wildman–Crippen LogP) is 2.45. The Balaban J connectivity index is 2.09. The molecule has 0 radical (unpaired) electrons. The number of hydrogen-bond donors (Lipinski definition) is 2. The molecule has 0 spiro atoms. The first-order chi connectivity index (χ1) is 8.61. The van der Waals surface area contributed by atoms with Crippen molar-refractivity contribution in [1.82, 2.24) is 4.98 Å². The van der Waals surface area contributed by atoms with Gasteiger partial charge in [0.05, 0.1) is 5.69 Å². The van der Waals surface area contributed by atoms with Crippen LogP contribution in [0.15, 0.2) is 12.7 Å². The summed E-state index contributed by atoms with van der Waals surface area (Å²) in [5.74, 6) is -0.797. The molecule has 6 nitrogen and oxygen atoms in total. The van der Waals surface area contributed by atoms with Crippen molar-refractivity contribution in [1.29, 1.82) is 0 Å². The molecule has 0 atom stereocenters. The first kappa shape index (κ1) is 12.6. The Bertz CT molecular complexity index is 493. The summed E-state index contributed by atoms with van der Waals surface area (Å²) in [6, 6.07) is 0. The summed E-state index contributed by atoms with van der Waals surface area (Å²) >= 11 is 0.949. The maximum atomic E-state index is 11.3. The number of carbonyl (C=O) groups excluding carboxylic acids is 1. The molecule has 96 valence electrons. The number of rotatable bonds is 5. The normalized spacial score (nSPS) is 14.0. The number of nitrogens with zero attached hydrogens (tertiary/aromatic N) is 1. The Labute approximate surface area is 107 Å². The molecule has 7 heteroatoms. The lowest BCUT2D eigenvalue weighted by molar-refractivity contribution is 0.0700. The van der Waals surface area contributed by atoms with E-state index in [0.29, 0.717) is 5.69 Å². The second-order valence-electron chi connectivity index (χ2n) is 3.82. The average Bonchev–Trinajstić information content (AvgIpc) is 3.08. The highest BCUT2D eigenvalue weighted by atomic mass is 32.1. The standard InChI is InChI=1S/C11H12N2O4S/c1-2-5-17-11(16)13-10-12-7(6-3-4-6)8(18-10)9(14)15/h2,6H,1,3-5H2,(H,14,15)(H,12,13,16). The fourth-order valence-electron chi connectivity index (χ4n) is 1.43. The molecule has 2 N–H and O–H groups in total. The van der Waals surface area contributed by atoms with E-state index in [1.165, 1.54) is 6.08 Å². The molecule has 0 aliphatic heterocycles. The van der Waals surface area contributed by atoms with Crippen molar-refractivity contribution >= 4 is 28.5 Å². The molecule has 0 saturated heterocycles. The number of aromatic nitrogens is 1. The highest BCUT2D eigenvalue weighted by Gasteiger charge is 2.32. The van der Waals surface area contributed by atoms with Crippen molar-refractivity contribution < 1.29 is 19.4 Å². The van der Waals surface area contributed by atoms with E-state index in [1.807, 2.05) is 0 Å². The van der Waals surface area contributed by atoms with Crippen molar-refractivity contribution in [2.75, 3.05) is 11.9 Å². The smallest absolute Gasteiger partial charge is 0.413 e. The fourth-order valence-corrected chi connectivity index (χ4v) is 2.31. The van der Waals surface area contributed by atoms with Crippen LogP contribution in [0.3, 0.4) is 0 Å². The molecule has 1 amide bonds. The maximum absolute atomic E-state index is 11.3. The first-order valence-electron chi connectivity index (χ1n) is 5.40. The third-order valence-electron chi connectivity index (χ3n) is 2.35. The minimum Gasteiger partial charge on any atom is -0.477 e. The van der Waals surface area contributed by atoms with Crippen LogP contribution in [0.1, 0.15) is 34.1 Å². The number of aromatic carboxylic acids is 1. The molecule has 0 unspecified atom stereocenters. The predicted molar refractivity (Wildman–Crippen MR) is 66.2 cm³/mol. The average molecular weight is 268 g/mol. The fraction of sp³-hybridized carbons (Fsp3) is 0.364. The summed E-state index contributed by atoms with van der Waals surface area (Å²) < 4.78 is 4.73. The van der Waals surface area contributed by atoms with E-state index < -0.39 is 12.1 Å². The van der Waals surface area contributed by atoms with Crippen LogP contribution < -0.4 is 5.32 Å². The minimum atomic E-state index is -1.01. The Morgan fingerprint density at radius 2 is 2.33 bits per heavy atom. The summed E-state index contributed by atoms with van der Waals surface area (Å²) in [5, 5.41) is 11.7. The van der Waals surface area contributed by atoms with E-state index in [2.05, 4.69) is 16.9 Å². The summed E-state index contributed by atoms with van der Waals surface area (Å²) in [6.07, 6.45) is 2.68. The molecule has 1 aromatic heterocycles. The monoisotopic (exact) mass is 268 g/mol. The number of thiazole rings is 1. The van der Waals surface area contributed by atoms with Gasteiger partial charge < -0.3 is 9.84 Å². The summed E-state index contributed by atoms with van der Waals surface area (Å²) in [7, 11) is 0. The van der Waals surface area contributed by atoms with Crippen LogP contribution in [0.2, 0.25) is 0 Å². The van der Waals surface area contributed by atoms with Gasteiger partial charge in [0.2, 0.25) is 0 Å².